The molecule has 0 bridgehead atoms. The van der Waals surface area contributed by atoms with Crippen molar-refractivity contribution >= 4 is 11.2 Å². The minimum absolute atomic E-state index is 0.770. The summed E-state index contributed by atoms with van der Waals surface area (Å²) in [7, 11) is 0. The van der Waals surface area contributed by atoms with Crippen molar-refractivity contribution in [2.24, 2.45) is 0 Å². The number of nitrogens with two attached hydrogens (primary N) is 1. The molecular weight excluding hydrogens is 210 g/mol. The van der Waals surface area contributed by atoms with Crippen molar-refractivity contribution in [3.8, 4) is 11.4 Å². The molecule has 0 saturated heterocycles. The van der Waals surface area contributed by atoms with Crippen molar-refractivity contribution in [3.63, 3.8) is 0 Å². The number of hydrogen-bond donors (Lipinski definition) is 1. The first-order chi connectivity index (χ1) is 8.25. The summed E-state index contributed by atoms with van der Waals surface area (Å²) in [6.45, 7) is 2.02. The Labute approximate surface area is 99.5 Å². The first-order valence-corrected chi connectivity index (χ1v) is 5.55. The first-order valence-electron chi connectivity index (χ1n) is 5.55. The Morgan fingerprint density at radius 2 is 1.82 bits per heavy atom. The van der Waals surface area contributed by atoms with Crippen LogP contribution in [0.4, 0.5) is 5.69 Å². The normalized spacial score (nSPS) is 10.9. The molecule has 3 nitrogen and oxygen atoms in total. The van der Waals surface area contributed by atoms with E-state index in [4.69, 9.17) is 5.73 Å². The minimum Gasteiger partial charge on any atom is -0.399 e. The first kappa shape index (κ1) is 9.90. The zero-order chi connectivity index (χ0) is 11.8. The molecule has 0 radical (unpaired) electrons. The van der Waals surface area contributed by atoms with E-state index in [0.717, 1.165) is 28.3 Å². The Morgan fingerprint density at radius 1 is 1.06 bits per heavy atom. The average Bonchev–Trinajstić information content (AvgIpc) is 2.69. The summed E-state index contributed by atoms with van der Waals surface area (Å²) in [5.74, 6) is 0.957. The van der Waals surface area contributed by atoms with Crippen LogP contribution in [-0.4, -0.2) is 9.38 Å². The summed E-state index contributed by atoms with van der Waals surface area (Å²) >= 11 is 0. The third kappa shape index (κ3) is 1.56. The van der Waals surface area contributed by atoms with Crippen LogP contribution in [0.5, 0.6) is 0 Å². The van der Waals surface area contributed by atoms with Crippen molar-refractivity contribution < 1.29 is 0 Å². The van der Waals surface area contributed by atoms with Gasteiger partial charge < -0.3 is 5.73 Å². The highest BCUT2D eigenvalue weighted by Gasteiger charge is 2.08. The largest absolute Gasteiger partial charge is 0.399 e. The number of hydrogen-bond acceptors (Lipinski definition) is 2. The predicted octanol–water partition coefficient (Wildman–Crippen LogP) is 2.89. The number of nitrogens with zero attached hydrogens (tertiary/aromatic N) is 2. The summed E-state index contributed by atoms with van der Waals surface area (Å²) in [6, 6.07) is 13.9. The van der Waals surface area contributed by atoms with E-state index in [9.17, 15) is 0 Å². The fourth-order valence-electron chi connectivity index (χ4n) is 2.03. The van der Waals surface area contributed by atoms with Crippen molar-refractivity contribution in [1.82, 2.24) is 9.38 Å². The van der Waals surface area contributed by atoms with Gasteiger partial charge in [0.05, 0.1) is 11.2 Å². The van der Waals surface area contributed by atoms with Crippen LogP contribution < -0.4 is 5.73 Å². The molecule has 0 aliphatic carbocycles. The Morgan fingerprint density at radius 3 is 2.59 bits per heavy atom. The number of imidazole rings is 1. The highest BCUT2D eigenvalue weighted by atomic mass is 15.0. The number of rotatable bonds is 1. The molecule has 0 atom stereocenters. The highest BCUT2D eigenvalue weighted by Crippen LogP contribution is 2.22. The standard InChI is InChI=1S/C14H13N3/c1-10-13-4-2-3-9-17(13)14(16-10)11-5-7-12(15)8-6-11/h2-9H,15H2,1H3. The highest BCUT2D eigenvalue weighted by molar-refractivity contribution is 5.66. The fourth-order valence-corrected chi connectivity index (χ4v) is 2.03. The lowest BCUT2D eigenvalue weighted by Gasteiger charge is -2.01. The number of nitrogen functional groups attached to an aromatic ring is 1. The van der Waals surface area contributed by atoms with E-state index >= 15 is 0 Å². The molecule has 0 aliphatic heterocycles. The van der Waals surface area contributed by atoms with Crippen molar-refractivity contribution in [2.45, 2.75) is 6.92 Å². The quantitative estimate of drug-likeness (QED) is 0.644. The summed E-state index contributed by atoms with van der Waals surface area (Å²) in [5, 5.41) is 0. The summed E-state index contributed by atoms with van der Waals surface area (Å²) in [6.07, 6.45) is 2.03. The van der Waals surface area contributed by atoms with Crippen molar-refractivity contribution in [1.29, 1.82) is 0 Å². The molecule has 2 N–H and O–H groups in total. The zero-order valence-electron chi connectivity index (χ0n) is 9.59. The lowest BCUT2D eigenvalue weighted by Crippen LogP contribution is -1.89. The van der Waals surface area contributed by atoms with Crippen molar-refractivity contribution in [2.75, 3.05) is 5.73 Å². The molecule has 1 aromatic carbocycles. The molecule has 0 aliphatic rings. The lowest BCUT2D eigenvalue weighted by atomic mass is 10.2. The van der Waals surface area contributed by atoms with Gasteiger partial charge in [-0.05, 0) is 43.3 Å². The van der Waals surface area contributed by atoms with Crippen LogP contribution in [0.15, 0.2) is 48.7 Å². The summed E-state index contributed by atoms with van der Waals surface area (Å²) < 4.78 is 2.10. The molecular formula is C14H13N3. The van der Waals surface area contributed by atoms with E-state index in [1.807, 2.05) is 49.5 Å². The van der Waals surface area contributed by atoms with Gasteiger partial charge in [-0.2, -0.15) is 0 Å². The molecule has 0 saturated carbocycles. The Bertz CT molecular complexity index is 666. The van der Waals surface area contributed by atoms with Gasteiger partial charge in [0.15, 0.2) is 0 Å². The van der Waals surface area contributed by atoms with Gasteiger partial charge in [-0.25, -0.2) is 4.98 Å². The summed E-state index contributed by atoms with van der Waals surface area (Å²) in [4.78, 5) is 4.61. The van der Waals surface area contributed by atoms with Crippen LogP contribution in [-0.2, 0) is 0 Å². The smallest absolute Gasteiger partial charge is 0.144 e. The number of aryl methyl sites for hydroxylation is 1. The zero-order valence-corrected chi connectivity index (χ0v) is 9.59. The van der Waals surface area contributed by atoms with E-state index < -0.39 is 0 Å². The van der Waals surface area contributed by atoms with Gasteiger partial charge in [0.25, 0.3) is 0 Å². The molecule has 0 spiro atoms. The van der Waals surface area contributed by atoms with Gasteiger partial charge in [0.2, 0.25) is 0 Å². The average molecular weight is 223 g/mol. The molecule has 0 unspecified atom stereocenters. The van der Waals surface area contributed by atoms with Crippen molar-refractivity contribution in [3.05, 3.63) is 54.4 Å². The van der Waals surface area contributed by atoms with Gasteiger partial charge in [-0.15, -0.1) is 0 Å². The molecule has 2 aromatic heterocycles. The predicted molar refractivity (Wildman–Crippen MR) is 69.8 cm³/mol. The van der Waals surface area contributed by atoms with E-state index in [0.29, 0.717) is 0 Å². The van der Waals surface area contributed by atoms with Crippen LogP contribution in [0.1, 0.15) is 5.69 Å². The maximum absolute atomic E-state index is 5.70. The molecule has 0 amide bonds. The van der Waals surface area contributed by atoms with Crippen LogP contribution >= 0.6 is 0 Å². The van der Waals surface area contributed by atoms with Gasteiger partial charge in [0, 0.05) is 17.4 Å². The number of anilines is 1. The number of benzene rings is 1. The second-order valence-corrected chi connectivity index (χ2v) is 4.10. The molecule has 2 heterocycles. The molecule has 17 heavy (non-hydrogen) atoms. The molecule has 3 heteroatoms. The van der Waals surface area contributed by atoms with E-state index in [2.05, 4.69) is 15.5 Å². The topological polar surface area (TPSA) is 43.3 Å². The van der Waals surface area contributed by atoms with Crippen LogP contribution in [0.25, 0.3) is 16.9 Å². The molecule has 3 rings (SSSR count). The molecule has 0 fully saturated rings. The maximum atomic E-state index is 5.70. The van der Waals surface area contributed by atoms with E-state index in [1.54, 1.807) is 0 Å². The Balaban J connectivity index is 2.27. The molecule has 3 aromatic rings. The Kier molecular flexibility index (Phi) is 2.11. The van der Waals surface area contributed by atoms with Gasteiger partial charge in [0.1, 0.15) is 5.82 Å². The van der Waals surface area contributed by atoms with Gasteiger partial charge in [-0.3, -0.25) is 4.40 Å². The van der Waals surface area contributed by atoms with Crippen LogP contribution in [0.2, 0.25) is 0 Å². The Hall–Kier alpha value is -2.29. The van der Waals surface area contributed by atoms with Gasteiger partial charge in [-0.1, -0.05) is 6.07 Å². The minimum atomic E-state index is 0.770. The third-order valence-electron chi connectivity index (χ3n) is 2.90. The molecule has 84 valence electrons. The van der Waals surface area contributed by atoms with Crippen LogP contribution in [0, 0.1) is 6.92 Å². The second-order valence-electron chi connectivity index (χ2n) is 4.10. The second kappa shape index (κ2) is 3.63. The summed E-state index contributed by atoms with van der Waals surface area (Å²) in [5.41, 5.74) is 9.72. The fraction of sp³-hybridized carbons (Fsp3) is 0.0714. The number of aromatic nitrogens is 2. The number of fused-ring (bicyclic) bond motifs is 1. The van der Waals surface area contributed by atoms with E-state index in [1.165, 1.54) is 0 Å². The van der Waals surface area contributed by atoms with Gasteiger partial charge >= 0.3 is 0 Å². The maximum Gasteiger partial charge on any atom is 0.144 e. The lowest BCUT2D eigenvalue weighted by molar-refractivity contribution is 1.16. The van der Waals surface area contributed by atoms with Crippen LogP contribution in [0.3, 0.4) is 0 Å². The SMILES string of the molecule is Cc1nc(-c2ccc(N)cc2)n2ccccc12. The monoisotopic (exact) mass is 223 g/mol. The number of pyridine rings is 1. The third-order valence-corrected chi connectivity index (χ3v) is 2.90. The van der Waals surface area contributed by atoms with E-state index in [-0.39, 0.29) is 0 Å².